The van der Waals surface area contributed by atoms with E-state index in [2.05, 4.69) is 24.1 Å². The average Bonchev–Trinajstić information content (AvgIpc) is 3.02. The molecule has 0 spiro atoms. The minimum atomic E-state index is -0.732. The van der Waals surface area contributed by atoms with Crippen LogP contribution >= 0.6 is 0 Å². The number of anilines is 1. The van der Waals surface area contributed by atoms with Crippen molar-refractivity contribution < 1.29 is 4.79 Å². The quantitative estimate of drug-likeness (QED) is 0.655. The minimum absolute atomic E-state index is 0.340. The molecule has 0 saturated carbocycles. The molecule has 27 heavy (non-hydrogen) atoms. The lowest BCUT2D eigenvalue weighted by Crippen LogP contribution is -2.45. The zero-order valence-corrected chi connectivity index (χ0v) is 16.1. The Morgan fingerprint density at radius 3 is 2.48 bits per heavy atom. The van der Waals surface area contributed by atoms with Crippen molar-refractivity contribution >= 4 is 22.8 Å². The van der Waals surface area contributed by atoms with Gasteiger partial charge in [-0.15, -0.1) is 0 Å². The zero-order valence-electron chi connectivity index (χ0n) is 16.1. The highest BCUT2D eigenvalue weighted by Gasteiger charge is 2.25. The van der Waals surface area contributed by atoms with Crippen LogP contribution in [0.5, 0.6) is 0 Å². The van der Waals surface area contributed by atoms with Crippen molar-refractivity contribution in [2.24, 2.45) is 18.7 Å². The molecule has 0 atom stereocenters. The Morgan fingerprint density at radius 2 is 1.89 bits per heavy atom. The number of hydrogen-bond donors (Lipinski definition) is 2. The first kappa shape index (κ1) is 19.2. The summed E-state index contributed by atoms with van der Waals surface area (Å²) >= 11 is 0. The van der Waals surface area contributed by atoms with Crippen LogP contribution in [-0.4, -0.2) is 51.0 Å². The van der Waals surface area contributed by atoms with Gasteiger partial charge in [0, 0.05) is 39.8 Å². The number of piperazine rings is 1. The molecule has 0 aromatic carbocycles. The second-order valence-electron chi connectivity index (χ2n) is 7.36. The van der Waals surface area contributed by atoms with Crippen LogP contribution in [0, 0.1) is 5.92 Å². The summed E-state index contributed by atoms with van der Waals surface area (Å²) in [5.74, 6) is 0.342. The van der Waals surface area contributed by atoms with Crippen molar-refractivity contribution in [1.29, 1.82) is 0 Å². The number of nitrogens with two attached hydrogens (primary N) is 1. The normalized spacial score (nSPS) is 15.0. The van der Waals surface area contributed by atoms with E-state index in [-0.39, 0.29) is 0 Å². The van der Waals surface area contributed by atoms with E-state index in [1.165, 1.54) is 4.57 Å². The Labute approximate surface area is 156 Å². The largest absolute Gasteiger partial charge is 0.368 e. The molecule has 2 aromatic rings. The smallest absolute Gasteiger partial charge is 0.331 e. The summed E-state index contributed by atoms with van der Waals surface area (Å²) < 4.78 is 3.96. The maximum absolute atomic E-state index is 13.0. The molecule has 1 saturated heterocycles. The van der Waals surface area contributed by atoms with Crippen LogP contribution in [0.15, 0.2) is 9.59 Å². The highest BCUT2D eigenvalue weighted by molar-refractivity contribution is 5.87. The molecule has 0 unspecified atom stereocenters. The Morgan fingerprint density at radius 1 is 1.22 bits per heavy atom. The van der Waals surface area contributed by atoms with Gasteiger partial charge >= 0.3 is 5.69 Å². The molecule has 10 nitrogen and oxygen atoms in total. The van der Waals surface area contributed by atoms with Gasteiger partial charge in [0.1, 0.15) is 12.1 Å². The number of nitrogens with zero attached hydrogens (tertiary/aromatic N) is 5. The first-order valence-electron chi connectivity index (χ1n) is 9.25. The molecular weight excluding hydrogens is 350 g/mol. The fourth-order valence-electron chi connectivity index (χ4n) is 3.38. The van der Waals surface area contributed by atoms with Crippen LogP contribution in [0.2, 0.25) is 0 Å². The van der Waals surface area contributed by atoms with E-state index >= 15 is 0 Å². The predicted octanol–water partition coefficient (Wildman–Crippen LogP) is -1.16. The van der Waals surface area contributed by atoms with Crippen molar-refractivity contribution in [2.75, 3.05) is 31.1 Å². The van der Waals surface area contributed by atoms with Gasteiger partial charge in [0.25, 0.3) is 5.56 Å². The number of fused-ring (bicyclic) bond motifs is 1. The van der Waals surface area contributed by atoms with Gasteiger partial charge in [-0.3, -0.25) is 18.8 Å². The van der Waals surface area contributed by atoms with Gasteiger partial charge < -0.3 is 16.0 Å². The standard InChI is InChI=1S/C17H27N7O3/c1-11(2)4-7-24-14-13(15(20-24)22-8-5-19-6-9-22)21(3)17(27)23(16(14)26)10-12(18)25/h11,19H,4-10H2,1-3H3,(H2,18,25). The fourth-order valence-corrected chi connectivity index (χ4v) is 3.38. The topological polar surface area (TPSA) is 120 Å². The number of nitrogens with one attached hydrogen (secondary N) is 1. The lowest BCUT2D eigenvalue weighted by molar-refractivity contribution is -0.118. The van der Waals surface area contributed by atoms with Crippen molar-refractivity contribution in [3.8, 4) is 0 Å². The van der Waals surface area contributed by atoms with Gasteiger partial charge in [0.2, 0.25) is 5.91 Å². The second kappa shape index (κ2) is 7.55. The summed E-state index contributed by atoms with van der Waals surface area (Å²) in [5, 5.41) is 7.98. The van der Waals surface area contributed by atoms with Crippen molar-refractivity contribution in [1.82, 2.24) is 24.2 Å². The second-order valence-corrected chi connectivity index (χ2v) is 7.36. The monoisotopic (exact) mass is 377 g/mol. The number of aromatic nitrogens is 4. The highest BCUT2D eigenvalue weighted by atomic mass is 16.2. The number of amides is 1. The number of primary amides is 1. The first-order chi connectivity index (χ1) is 12.8. The molecule has 10 heteroatoms. The van der Waals surface area contributed by atoms with E-state index in [1.807, 2.05) is 0 Å². The Bertz CT molecular complexity index is 964. The summed E-state index contributed by atoms with van der Waals surface area (Å²) in [6.45, 7) is 7.43. The fraction of sp³-hybridized carbons (Fsp3) is 0.647. The van der Waals surface area contributed by atoms with Crippen molar-refractivity contribution in [2.45, 2.75) is 33.4 Å². The molecule has 3 N–H and O–H groups in total. The van der Waals surface area contributed by atoms with Crippen molar-refractivity contribution in [3.05, 3.63) is 20.8 Å². The summed E-state index contributed by atoms with van der Waals surface area (Å²) in [7, 11) is 1.60. The summed E-state index contributed by atoms with van der Waals surface area (Å²) in [6.07, 6.45) is 0.843. The third kappa shape index (κ3) is 3.61. The Hall–Kier alpha value is -2.62. The van der Waals surface area contributed by atoms with Crippen LogP contribution < -0.4 is 27.2 Å². The van der Waals surface area contributed by atoms with E-state index in [0.717, 1.165) is 37.2 Å². The third-order valence-electron chi connectivity index (χ3n) is 4.86. The number of carbonyl (C=O) groups excluding carboxylic acids is 1. The molecule has 0 aliphatic carbocycles. The molecule has 0 bridgehead atoms. The third-order valence-corrected chi connectivity index (χ3v) is 4.86. The van der Waals surface area contributed by atoms with Crippen LogP contribution in [0.3, 0.4) is 0 Å². The van der Waals surface area contributed by atoms with Gasteiger partial charge in [-0.05, 0) is 12.3 Å². The van der Waals surface area contributed by atoms with Crippen molar-refractivity contribution in [3.63, 3.8) is 0 Å². The summed E-state index contributed by atoms with van der Waals surface area (Å²) in [4.78, 5) is 39.2. The lowest BCUT2D eigenvalue weighted by atomic mass is 10.1. The number of hydrogen-bond acceptors (Lipinski definition) is 6. The van der Waals surface area contributed by atoms with Gasteiger partial charge in [0.15, 0.2) is 11.3 Å². The SMILES string of the molecule is CC(C)CCn1nc(N2CCNCC2)c2c1c(=O)n(CC(N)=O)c(=O)n2C. The molecule has 1 aliphatic heterocycles. The predicted molar refractivity (Wildman–Crippen MR) is 103 cm³/mol. The minimum Gasteiger partial charge on any atom is -0.368 e. The first-order valence-corrected chi connectivity index (χ1v) is 9.25. The molecule has 1 amide bonds. The van der Waals surface area contributed by atoms with Crippen LogP contribution in [0.25, 0.3) is 11.0 Å². The molecule has 3 heterocycles. The van der Waals surface area contributed by atoms with E-state index in [1.54, 1.807) is 11.7 Å². The highest BCUT2D eigenvalue weighted by Crippen LogP contribution is 2.24. The molecule has 148 valence electrons. The van der Waals surface area contributed by atoms with E-state index in [4.69, 9.17) is 10.8 Å². The average molecular weight is 377 g/mol. The number of rotatable bonds is 6. The van der Waals surface area contributed by atoms with Gasteiger partial charge in [0.05, 0.1) is 0 Å². The zero-order chi connectivity index (χ0) is 19.7. The van der Waals surface area contributed by atoms with Gasteiger partial charge in [-0.2, -0.15) is 5.10 Å². The van der Waals surface area contributed by atoms with E-state index in [9.17, 15) is 14.4 Å². The van der Waals surface area contributed by atoms with Crippen LogP contribution in [0.1, 0.15) is 20.3 Å². The summed E-state index contributed by atoms with van der Waals surface area (Å²) in [5.41, 5.74) is 4.99. The molecular formula is C17H27N7O3. The van der Waals surface area contributed by atoms with E-state index in [0.29, 0.717) is 29.3 Å². The molecule has 0 radical (unpaired) electrons. The van der Waals surface area contributed by atoms with Gasteiger partial charge in [-0.25, -0.2) is 9.36 Å². The van der Waals surface area contributed by atoms with Crippen LogP contribution in [0.4, 0.5) is 5.82 Å². The molecule has 2 aromatic heterocycles. The Kier molecular flexibility index (Phi) is 5.36. The summed E-state index contributed by atoms with van der Waals surface area (Å²) in [6, 6.07) is 0. The van der Waals surface area contributed by atoms with Gasteiger partial charge in [-0.1, -0.05) is 13.8 Å². The maximum Gasteiger partial charge on any atom is 0.331 e. The van der Waals surface area contributed by atoms with Crippen LogP contribution in [-0.2, 0) is 24.9 Å². The molecule has 1 fully saturated rings. The molecule has 3 rings (SSSR count). The Balaban J connectivity index is 2.26. The molecule has 1 aliphatic rings. The number of aryl methyl sites for hydroxylation is 2. The lowest BCUT2D eigenvalue weighted by Gasteiger charge is -2.27. The van der Waals surface area contributed by atoms with E-state index < -0.39 is 23.7 Å². The maximum atomic E-state index is 13.0. The number of carbonyl (C=O) groups is 1.